The molecule has 8 nitrogen and oxygen atoms in total. The van der Waals surface area contributed by atoms with Gasteiger partial charge in [0.15, 0.2) is 6.61 Å². The summed E-state index contributed by atoms with van der Waals surface area (Å²) in [5.41, 5.74) is -1.06. The molecule has 1 aromatic heterocycles. The standard InChI is InChI=1S/C28H24F3N3O5S2/c29-28(30,31)17-9-2-3-10-18(17)34-25(36)21-20(22-24(32-27(38)41-22)40-23(21)26(34)37)15-7-6-8-16(13-15)39-14-19(35)33-11-4-1-5-12-33/h2-3,6-10,13,20-21,23H,1,4-5,11-12,14H2,(H,32,38)/t20-,21-,23+/m0/s1. The molecule has 13 heteroatoms. The summed E-state index contributed by atoms with van der Waals surface area (Å²) < 4.78 is 47.3. The molecule has 1 N–H and O–H groups in total. The molecule has 3 atom stereocenters. The van der Waals surface area contributed by atoms with Gasteiger partial charge >= 0.3 is 11.0 Å². The largest absolute Gasteiger partial charge is 0.484 e. The second kappa shape index (κ2) is 10.7. The number of carbonyl (C=O) groups excluding carboxylic acids is 3. The number of thioether (sulfide) groups is 1. The van der Waals surface area contributed by atoms with Crippen molar-refractivity contribution in [3.05, 3.63) is 74.2 Å². The van der Waals surface area contributed by atoms with Crippen LogP contribution in [-0.2, 0) is 20.6 Å². The number of para-hydroxylation sites is 1. The Labute approximate surface area is 240 Å². The zero-order valence-electron chi connectivity index (χ0n) is 21.5. The lowest BCUT2D eigenvalue weighted by Crippen LogP contribution is -2.38. The number of imide groups is 1. The molecule has 0 aliphatic carbocycles. The van der Waals surface area contributed by atoms with Gasteiger partial charge in [-0.3, -0.25) is 19.2 Å². The Kier molecular flexibility index (Phi) is 7.18. The van der Waals surface area contributed by atoms with Crippen molar-refractivity contribution in [3.63, 3.8) is 0 Å². The molecule has 2 aromatic carbocycles. The molecule has 3 aliphatic heterocycles. The first-order valence-corrected chi connectivity index (χ1v) is 14.8. The van der Waals surface area contributed by atoms with Crippen LogP contribution in [0.15, 0.2) is 58.4 Å². The topological polar surface area (TPSA) is 99.8 Å². The molecule has 0 saturated carbocycles. The molecule has 0 radical (unpaired) electrons. The van der Waals surface area contributed by atoms with Crippen LogP contribution in [0, 0.1) is 5.92 Å². The maximum absolute atomic E-state index is 13.9. The molecule has 0 bridgehead atoms. The summed E-state index contributed by atoms with van der Waals surface area (Å²) in [6.45, 7) is 1.20. The van der Waals surface area contributed by atoms with Gasteiger partial charge in [-0.25, -0.2) is 4.90 Å². The van der Waals surface area contributed by atoms with Crippen LogP contribution in [0.3, 0.4) is 0 Å². The van der Waals surface area contributed by atoms with Crippen molar-refractivity contribution in [1.29, 1.82) is 0 Å². The number of likely N-dealkylation sites (tertiary alicyclic amines) is 1. The first kappa shape index (κ1) is 27.6. The van der Waals surface area contributed by atoms with E-state index in [2.05, 4.69) is 4.98 Å². The third-order valence-corrected chi connectivity index (χ3v) is 9.96. The number of aromatic nitrogens is 1. The number of nitrogens with zero attached hydrogens (tertiary/aromatic N) is 2. The van der Waals surface area contributed by atoms with Crippen molar-refractivity contribution in [2.45, 2.75) is 41.6 Å². The molecule has 2 saturated heterocycles. The molecule has 3 aliphatic rings. The number of anilines is 1. The van der Waals surface area contributed by atoms with Gasteiger partial charge in [-0.15, -0.1) is 0 Å². The number of piperidine rings is 1. The first-order chi connectivity index (χ1) is 19.6. The predicted octanol–water partition coefficient (Wildman–Crippen LogP) is 4.64. The molecule has 3 aromatic rings. The second-order valence-electron chi connectivity index (χ2n) is 10.1. The number of hydrogen-bond acceptors (Lipinski definition) is 7. The molecular formula is C28H24F3N3O5S2. The minimum absolute atomic E-state index is 0.133. The summed E-state index contributed by atoms with van der Waals surface area (Å²) in [6, 6.07) is 11.2. The maximum Gasteiger partial charge on any atom is 0.418 e. The molecule has 4 heterocycles. The van der Waals surface area contributed by atoms with Gasteiger partial charge in [-0.2, -0.15) is 13.2 Å². The van der Waals surface area contributed by atoms with Crippen LogP contribution in [0.25, 0.3) is 0 Å². The Morgan fingerprint density at radius 3 is 2.51 bits per heavy atom. The Balaban J connectivity index is 1.34. The minimum Gasteiger partial charge on any atom is -0.484 e. The Morgan fingerprint density at radius 2 is 1.76 bits per heavy atom. The van der Waals surface area contributed by atoms with E-state index >= 15 is 0 Å². The van der Waals surface area contributed by atoms with Gasteiger partial charge in [0.1, 0.15) is 11.0 Å². The highest BCUT2D eigenvalue weighted by molar-refractivity contribution is 8.00. The summed E-state index contributed by atoms with van der Waals surface area (Å²) in [6.07, 6.45) is -1.80. The van der Waals surface area contributed by atoms with E-state index < -0.39 is 46.3 Å². The number of alkyl halides is 3. The molecule has 0 unspecified atom stereocenters. The van der Waals surface area contributed by atoms with E-state index in [0.717, 1.165) is 54.5 Å². The van der Waals surface area contributed by atoms with Crippen LogP contribution in [0.1, 0.15) is 41.2 Å². The van der Waals surface area contributed by atoms with Gasteiger partial charge in [-0.1, -0.05) is 47.4 Å². The minimum atomic E-state index is -4.78. The fourth-order valence-corrected chi connectivity index (χ4v) is 8.21. The second-order valence-corrected chi connectivity index (χ2v) is 12.2. The number of nitrogens with one attached hydrogen (secondary N) is 1. The van der Waals surface area contributed by atoms with E-state index in [-0.39, 0.29) is 17.4 Å². The average molecular weight is 604 g/mol. The number of carbonyl (C=O) groups is 3. The number of hydrogen-bond donors (Lipinski definition) is 1. The summed E-state index contributed by atoms with van der Waals surface area (Å²) in [5.74, 6) is -3.16. The number of rotatable bonds is 5. The average Bonchev–Trinajstić information content (AvgIpc) is 3.45. The van der Waals surface area contributed by atoms with Crippen molar-refractivity contribution in [3.8, 4) is 5.75 Å². The van der Waals surface area contributed by atoms with E-state index in [1.165, 1.54) is 12.1 Å². The number of aromatic amines is 1. The van der Waals surface area contributed by atoms with E-state index in [4.69, 9.17) is 4.74 Å². The number of fused-ring (bicyclic) bond motifs is 2. The zero-order valence-corrected chi connectivity index (χ0v) is 23.1. The van der Waals surface area contributed by atoms with Gasteiger partial charge in [-0.05, 0) is 49.1 Å². The lowest BCUT2D eigenvalue weighted by Gasteiger charge is -2.30. The van der Waals surface area contributed by atoms with Gasteiger partial charge in [0.05, 0.1) is 22.2 Å². The lowest BCUT2D eigenvalue weighted by molar-refractivity contribution is -0.137. The van der Waals surface area contributed by atoms with Crippen LogP contribution >= 0.6 is 23.1 Å². The third-order valence-electron chi connectivity index (χ3n) is 7.56. The number of thiazole rings is 1. The first-order valence-electron chi connectivity index (χ1n) is 13.1. The van der Waals surface area contributed by atoms with Gasteiger partial charge in [0, 0.05) is 23.9 Å². The van der Waals surface area contributed by atoms with Crippen molar-refractivity contribution in [2.24, 2.45) is 5.92 Å². The smallest absolute Gasteiger partial charge is 0.418 e. The summed E-state index contributed by atoms with van der Waals surface area (Å²) in [5, 5.41) is -0.637. The Morgan fingerprint density at radius 1 is 1.00 bits per heavy atom. The highest BCUT2D eigenvalue weighted by Gasteiger charge is 2.57. The van der Waals surface area contributed by atoms with E-state index in [9.17, 15) is 32.3 Å². The summed E-state index contributed by atoms with van der Waals surface area (Å²) in [4.78, 5) is 57.6. The normalized spacial score (nSPS) is 22.5. The SMILES string of the molecule is O=C(COc1cccc([C@@H]2c3sc(=O)[nH]c3S[C@H]3C(=O)N(c4ccccc4C(F)(F)F)C(=O)[C@@H]23)c1)N1CCCCC1. The van der Waals surface area contributed by atoms with E-state index in [0.29, 0.717) is 39.2 Å². The van der Waals surface area contributed by atoms with Crippen LogP contribution < -0.4 is 14.5 Å². The Hall–Kier alpha value is -3.58. The Bertz CT molecular complexity index is 1580. The number of benzene rings is 2. The van der Waals surface area contributed by atoms with Crippen molar-refractivity contribution in [1.82, 2.24) is 9.88 Å². The molecule has 41 heavy (non-hydrogen) atoms. The molecule has 214 valence electrons. The van der Waals surface area contributed by atoms with Gasteiger partial charge in [0.2, 0.25) is 11.8 Å². The molecule has 3 amide bonds. The number of halogens is 3. The quantitative estimate of drug-likeness (QED) is 0.427. The highest BCUT2D eigenvalue weighted by atomic mass is 32.2. The van der Waals surface area contributed by atoms with Gasteiger partial charge < -0.3 is 14.6 Å². The van der Waals surface area contributed by atoms with Crippen LogP contribution in [0.4, 0.5) is 18.9 Å². The highest BCUT2D eigenvalue weighted by Crippen LogP contribution is 2.54. The molecule has 2 fully saturated rings. The molecular weight excluding hydrogens is 579 g/mol. The van der Waals surface area contributed by atoms with E-state index in [1.54, 1.807) is 29.2 Å². The predicted molar refractivity (Wildman–Crippen MR) is 146 cm³/mol. The molecule has 6 rings (SSSR count). The van der Waals surface area contributed by atoms with Crippen molar-refractivity contribution >= 4 is 46.5 Å². The van der Waals surface area contributed by atoms with Crippen molar-refractivity contribution < 1.29 is 32.3 Å². The maximum atomic E-state index is 13.9. The summed E-state index contributed by atoms with van der Waals surface area (Å²) in [7, 11) is 0. The van der Waals surface area contributed by atoms with Crippen LogP contribution in [0.5, 0.6) is 5.75 Å². The zero-order chi connectivity index (χ0) is 28.9. The summed E-state index contributed by atoms with van der Waals surface area (Å²) >= 11 is 1.88. The van der Waals surface area contributed by atoms with Crippen LogP contribution in [-0.4, -0.2) is 52.6 Å². The monoisotopic (exact) mass is 603 g/mol. The van der Waals surface area contributed by atoms with Crippen molar-refractivity contribution in [2.75, 3.05) is 24.6 Å². The fraction of sp³-hybridized carbons (Fsp3) is 0.357. The third kappa shape index (κ3) is 5.05. The van der Waals surface area contributed by atoms with Crippen LogP contribution in [0.2, 0.25) is 0 Å². The molecule has 0 spiro atoms. The lowest BCUT2D eigenvalue weighted by atomic mass is 9.83. The fourth-order valence-electron chi connectivity index (χ4n) is 5.70. The number of ether oxygens (including phenoxy) is 1. The van der Waals surface area contributed by atoms with E-state index in [1.807, 2.05) is 0 Å². The number of H-pyrrole nitrogens is 1. The van der Waals surface area contributed by atoms with Gasteiger partial charge in [0.25, 0.3) is 5.91 Å². The number of amides is 3.